The molecule has 3 aromatic rings. The molecule has 1 saturated heterocycles. The van der Waals surface area contributed by atoms with Crippen molar-refractivity contribution in [1.29, 1.82) is 0 Å². The van der Waals surface area contributed by atoms with Crippen LogP contribution in [0.15, 0.2) is 46.3 Å². The highest BCUT2D eigenvalue weighted by molar-refractivity contribution is 7.89. The maximum Gasteiger partial charge on any atom is 0.251 e. The summed E-state index contributed by atoms with van der Waals surface area (Å²) < 4.78 is 48.4. The van der Waals surface area contributed by atoms with Gasteiger partial charge in [-0.1, -0.05) is 17.4 Å². The van der Waals surface area contributed by atoms with Crippen LogP contribution in [-0.2, 0) is 21.9 Å². The Morgan fingerprint density at radius 1 is 1.16 bits per heavy atom. The van der Waals surface area contributed by atoms with Crippen molar-refractivity contribution in [2.45, 2.75) is 24.7 Å². The fourth-order valence-corrected chi connectivity index (χ4v) is 6.48. The van der Waals surface area contributed by atoms with Gasteiger partial charge in [0.05, 0.1) is 16.7 Å². The van der Waals surface area contributed by atoms with Crippen molar-refractivity contribution in [3.63, 3.8) is 0 Å². The predicted molar refractivity (Wildman–Crippen MR) is 121 cm³/mol. The zero-order valence-electron chi connectivity index (χ0n) is 18.0. The molecule has 7 nitrogen and oxygen atoms in total. The highest BCUT2D eigenvalue weighted by atomic mass is 32.2. The number of thiazole rings is 1. The van der Waals surface area contributed by atoms with E-state index in [-0.39, 0.29) is 29.8 Å². The number of rotatable bonds is 4. The lowest BCUT2D eigenvalue weighted by Crippen LogP contribution is -2.40. The van der Waals surface area contributed by atoms with Gasteiger partial charge < -0.3 is 9.30 Å². The molecular formula is C22H24FN3O4S2. The number of nitrogens with zero attached hydrogens (tertiary/aromatic N) is 3. The minimum Gasteiger partial charge on any atom is -0.495 e. The lowest BCUT2D eigenvalue weighted by Gasteiger charge is -2.29. The molecule has 1 aliphatic heterocycles. The van der Waals surface area contributed by atoms with E-state index in [1.165, 1.54) is 27.8 Å². The normalized spacial score (nSPS) is 16.6. The van der Waals surface area contributed by atoms with Crippen LogP contribution in [0.1, 0.15) is 18.4 Å². The summed E-state index contributed by atoms with van der Waals surface area (Å²) in [5, 5.41) is 0. The first-order chi connectivity index (χ1) is 15.2. The van der Waals surface area contributed by atoms with Gasteiger partial charge in [0.1, 0.15) is 17.1 Å². The van der Waals surface area contributed by atoms with E-state index in [2.05, 4.69) is 4.99 Å². The first-order valence-corrected chi connectivity index (χ1v) is 12.5. The molecule has 0 N–H and O–H groups in total. The predicted octanol–water partition coefficient (Wildman–Crippen LogP) is 3.22. The van der Waals surface area contributed by atoms with Gasteiger partial charge in [-0.25, -0.2) is 12.8 Å². The van der Waals surface area contributed by atoms with E-state index in [1.54, 1.807) is 7.11 Å². The van der Waals surface area contributed by atoms with Gasteiger partial charge in [0, 0.05) is 26.1 Å². The van der Waals surface area contributed by atoms with Gasteiger partial charge in [0.25, 0.3) is 5.91 Å². The number of sulfonamides is 1. The number of aryl methyl sites for hydroxylation is 2. The van der Waals surface area contributed by atoms with Gasteiger partial charge >= 0.3 is 0 Å². The van der Waals surface area contributed by atoms with E-state index in [1.807, 2.05) is 30.7 Å². The Labute approximate surface area is 189 Å². The number of amides is 1. The van der Waals surface area contributed by atoms with Crippen LogP contribution in [-0.4, -0.2) is 43.4 Å². The number of carbonyl (C=O) groups is 1. The van der Waals surface area contributed by atoms with Crippen LogP contribution in [0.5, 0.6) is 5.75 Å². The lowest BCUT2D eigenvalue weighted by atomic mass is 9.98. The molecule has 1 fully saturated rings. The van der Waals surface area contributed by atoms with Crippen LogP contribution in [0, 0.1) is 18.7 Å². The molecule has 1 aliphatic rings. The Morgan fingerprint density at radius 2 is 1.81 bits per heavy atom. The van der Waals surface area contributed by atoms with Crippen molar-refractivity contribution < 1.29 is 22.3 Å². The van der Waals surface area contributed by atoms with Crippen molar-refractivity contribution in [1.82, 2.24) is 8.87 Å². The van der Waals surface area contributed by atoms with E-state index in [9.17, 15) is 17.6 Å². The van der Waals surface area contributed by atoms with Gasteiger partial charge in [-0.15, -0.1) is 0 Å². The smallest absolute Gasteiger partial charge is 0.251 e. The number of halogens is 1. The summed E-state index contributed by atoms with van der Waals surface area (Å²) in [5.41, 5.74) is 1.97. The summed E-state index contributed by atoms with van der Waals surface area (Å²) in [7, 11) is -0.254. The third-order valence-electron chi connectivity index (χ3n) is 5.79. The van der Waals surface area contributed by atoms with Crippen molar-refractivity contribution in [2.24, 2.45) is 18.0 Å². The largest absolute Gasteiger partial charge is 0.495 e. The summed E-state index contributed by atoms with van der Waals surface area (Å²) in [6, 6.07) is 8.64. The van der Waals surface area contributed by atoms with Gasteiger partial charge in [-0.2, -0.15) is 9.30 Å². The Hall–Kier alpha value is -2.56. The fourth-order valence-electron chi connectivity index (χ4n) is 3.90. The molecule has 0 saturated carbocycles. The molecule has 0 unspecified atom stereocenters. The van der Waals surface area contributed by atoms with Crippen molar-refractivity contribution in [3.05, 3.63) is 52.6 Å². The Morgan fingerprint density at radius 3 is 2.44 bits per heavy atom. The molecule has 0 radical (unpaired) electrons. The molecule has 2 aromatic carbocycles. The number of ether oxygens (including phenoxy) is 1. The summed E-state index contributed by atoms with van der Waals surface area (Å²) in [4.78, 5) is 17.9. The summed E-state index contributed by atoms with van der Waals surface area (Å²) in [6.45, 7) is 2.44. The molecule has 4 rings (SSSR count). The fraction of sp³-hybridized carbons (Fsp3) is 0.364. The van der Waals surface area contributed by atoms with Crippen molar-refractivity contribution >= 4 is 37.5 Å². The standard InChI is InChI=1S/C22H24FN3O4S2/c1-14-4-9-18(30-3)19-20(14)31-22(25(19)2)24-21(27)15-10-12-26(13-11-15)32(28,29)17-7-5-16(23)6-8-17/h4-9,15H,10-13H2,1-3H3. The summed E-state index contributed by atoms with van der Waals surface area (Å²) in [6.07, 6.45) is 0.777. The van der Waals surface area contributed by atoms with Crippen LogP contribution in [0.3, 0.4) is 0 Å². The SMILES string of the molecule is COc1ccc(C)c2sc(=NC(=O)C3CCN(S(=O)(=O)c4ccc(F)cc4)CC3)n(C)c12. The molecule has 0 bridgehead atoms. The van der Waals surface area contributed by atoms with Gasteiger partial charge in [0.2, 0.25) is 10.0 Å². The number of benzene rings is 2. The minimum absolute atomic E-state index is 0.0509. The summed E-state index contributed by atoms with van der Waals surface area (Å²) >= 11 is 1.43. The average molecular weight is 478 g/mol. The molecule has 170 valence electrons. The van der Waals surface area contributed by atoms with Crippen LogP contribution < -0.4 is 9.54 Å². The van der Waals surface area contributed by atoms with Crippen LogP contribution >= 0.6 is 11.3 Å². The molecule has 0 atom stereocenters. The number of hydrogen-bond acceptors (Lipinski definition) is 5. The van der Waals surface area contributed by atoms with Crippen LogP contribution in [0.25, 0.3) is 10.2 Å². The van der Waals surface area contributed by atoms with Crippen LogP contribution in [0.4, 0.5) is 4.39 Å². The van der Waals surface area contributed by atoms with E-state index < -0.39 is 15.8 Å². The zero-order chi connectivity index (χ0) is 23.0. The van der Waals surface area contributed by atoms with Gasteiger partial charge in [0.15, 0.2) is 4.80 Å². The number of hydrogen-bond donors (Lipinski definition) is 0. The van der Waals surface area contributed by atoms with Crippen LogP contribution in [0.2, 0.25) is 0 Å². The Bertz CT molecular complexity index is 1340. The Balaban J connectivity index is 1.53. The van der Waals surface area contributed by atoms with Gasteiger partial charge in [-0.05, 0) is 55.7 Å². The minimum atomic E-state index is -3.71. The summed E-state index contributed by atoms with van der Waals surface area (Å²) in [5.74, 6) is -0.361. The quantitative estimate of drug-likeness (QED) is 0.578. The first kappa shape index (κ1) is 22.6. The molecule has 1 aromatic heterocycles. The van der Waals surface area contributed by atoms with E-state index in [0.717, 1.165) is 33.7 Å². The van der Waals surface area contributed by atoms with E-state index >= 15 is 0 Å². The number of methoxy groups -OCH3 is 1. The number of fused-ring (bicyclic) bond motifs is 1. The molecule has 0 spiro atoms. The zero-order valence-corrected chi connectivity index (χ0v) is 19.7. The maximum atomic E-state index is 13.1. The average Bonchev–Trinajstić information content (AvgIpc) is 3.11. The first-order valence-electron chi connectivity index (χ1n) is 10.2. The second-order valence-corrected chi connectivity index (χ2v) is 10.7. The second kappa shape index (κ2) is 8.76. The third-order valence-corrected chi connectivity index (χ3v) is 8.97. The molecular weight excluding hydrogens is 453 g/mol. The highest BCUT2D eigenvalue weighted by Gasteiger charge is 2.32. The maximum absolute atomic E-state index is 13.1. The molecule has 1 amide bonds. The second-order valence-electron chi connectivity index (χ2n) is 7.79. The number of aromatic nitrogens is 1. The van der Waals surface area contributed by atoms with E-state index in [0.29, 0.717) is 17.6 Å². The third kappa shape index (κ3) is 4.10. The van der Waals surface area contributed by atoms with Crippen molar-refractivity contribution in [3.8, 4) is 5.75 Å². The molecule has 2 heterocycles. The molecule has 10 heteroatoms. The molecule has 0 aliphatic carbocycles. The number of carbonyl (C=O) groups excluding carboxylic acids is 1. The highest BCUT2D eigenvalue weighted by Crippen LogP contribution is 2.30. The Kier molecular flexibility index (Phi) is 6.19. The topological polar surface area (TPSA) is 81.0 Å². The van der Waals surface area contributed by atoms with Crippen molar-refractivity contribution in [2.75, 3.05) is 20.2 Å². The lowest BCUT2D eigenvalue weighted by molar-refractivity contribution is -0.122. The number of piperidine rings is 1. The molecule has 32 heavy (non-hydrogen) atoms. The monoisotopic (exact) mass is 477 g/mol. The van der Waals surface area contributed by atoms with E-state index in [4.69, 9.17) is 4.74 Å². The van der Waals surface area contributed by atoms with Gasteiger partial charge in [-0.3, -0.25) is 4.79 Å².